The van der Waals surface area contributed by atoms with Gasteiger partial charge >= 0.3 is 0 Å². The molecule has 2 N–H and O–H groups in total. The molecule has 3 aromatic rings. The predicted molar refractivity (Wildman–Crippen MR) is 110 cm³/mol. The number of hydrogen-bond donors (Lipinski definition) is 2. The molecule has 0 saturated carbocycles. The van der Waals surface area contributed by atoms with Gasteiger partial charge in [0.05, 0.1) is 0 Å². The first-order valence-corrected chi connectivity index (χ1v) is 9.35. The fourth-order valence-corrected chi connectivity index (χ4v) is 3.64. The molecule has 7 heteroatoms. The number of rotatable bonds is 3. The van der Waals surface area contributed by atoms with Crippen LogP contribution >= 0.6 is 11.6 Å². The van der Waals surface area contributed by atoms with E-state index >= 15 is 0 Å². The number of benzene rings is 2. The molecular formula is C21H19ClN4O2. The molecule has 0 fully saturated rings. The molecule has 2 aromatic carbocycles. The summed E-state index contributed by atoms with van der Waals surface area (Å²) in [5.74, 6) is 0.329. The molecule has 0 saturated heterocycles. The number of H-pyrrole nitrogens is 1. The number of aromatic amines is 1. The van der Waals surface area contributed by atoms with Crippen LogP contribution in [0.25, 0.3) is 11.4 Å². The Morgan fingerprint density at radius 2 is 2.04 bits per heavy atom. The number of imidazole rings is 1. The monoisotopic (exact) mass is 394 g/mol. The first-order valence-electron chi connectivity index (χ1n) is 8.97. The predicted octanol–water partition coefficient (Wildman–Crippen LogP) is 4.20. The fraction of sp³-hybridized carbons (Fsp3) is 0.190. The molecular weight excluding hydrogens is 376 g/mol. The van der Waals surface area contributed by atoms with Gasteiger partial charge in [-0.05, 0) is 49.2 Å². The Bertz CT molecular complexity index is 1090. The summed E-state index contributed by atoms with van der Waals surface area (Å²) in [7, 11) is 0. The zero-order valence-corrected chi connectivity index (χ0v) is 16.3. The highest BCUT2D eigenvalue weighted by Crippen LogP contribution is 2.31. The van der Waals surface area contributed by atoms with E-state index in [2.05, 4.69) is 15.3 Å². The molecule has 142 valence electrons. The quantitative estimate of drug-likeness (QED) is 0.698. The summed E-state index contributed by atoms with van der Waals surface area (Å²) >= 11 is 6.04. The van der Waals surface area contributed by atoms with Crippen molar-refractivity contribution in [2.24, 2.45) is 0 Å². The Morgan fingerprint density at radius 3 is 2.79 bits per heavy atom. The molecule has 0 aliphatic carbocycles. The van der Waals surface area contributed by atoms with Crippen LogP contribution in [0.1, 0.15) is 28.7 Å². The lowest BCUT2D eigenvalue weighted by Crippen LogP contribution is -2.25. The molecule has 2 heterocycles. The van der Waals surface area contributed by atoms with E-state index in [1.165, 1.54) is 0 Å². The van der Waals surface area contributed by atoms with Crippen molar-refractivity contribution in [2.75, 3.05) is 16.8 Å². The Hall–Kier alpha value is -3.12. The molecule has 0 radical (unpaired) electrons. The lowest BCUT2D eigenvalue weighted by atomic mass is 10.1. The van der Waals surface area contributed by atoms with Crippen molar-refractivity contribution >= 4 is 34.8 Å². The van der Waals surface area contributed by atoms with Gasteiger partial charge in [-0.1, -0.05) is 23.7 Å². The Labute approximate surface area is 167 Å². The number of amides is 2. The standard InChI is InChI=1S/C21H19ClN4O2/c1-12-19(25-20(23-12)15-4-3-5-16(22)10-15)21(28)24-17-6-7-18-14(11-17)8-9-26(18)13(2)27/h3-7,10-11H,8-9H2,1-2H3,(H,23,25)(H,24,28). The van der Waals surface area contributed by atoms with Crippen LogP contribution in [0.4, 0.5) is 11.4 Å². The minimum absolute atomic E-state index is 0.0243. The number of carbonyl (C=O) groups excluding carboxylic acids is 2. The van der Waals surface area contributed by atoms with Crippen molar-refractivity contribution in [3.05, 3.63) is 64.4 Å². The van der Waals surface area contributed by atoms with Crippen molar-refractivity contribution in [3.63, 3.8) is 0 Å². The van der Waals surface area contributed by atoms with Gasteiger partial charge in [0, 0.05) is 41.1 Å². The number of halogens is 1. The third-order valence-electron chi connectivity index (χ3n) is 4.81. The molecule has 28 heavy (non-hydrogen) atoms. The van der Waals surface area contributed by atoms with Crippen LogP contribution in [-0.2, 0) is 11.2 Å². The highest BCUT2D eigenvalue weighted by Gasteiger charge is 2.23. The Morgan fingerprint density at radius 1 is 1.21 bits per heavy atom. The summed E-state index contributed by atoms with van der Waals surface area (Å²) in [6.45, 7) is 4.04. The van der Waals surface area contributed by atoms with Crippen molar-refractivity contribution in [1.82, 2.24) is 9.97 Å². The average molecular weight is 395 g/mol. The number of nitrogens with one attached hydrogen (secondary N) is 2. The molecule has 2 amide bonds. The number of fused-ring (bicyclic) bond motifs is 1. The minimum Gasteiger partial charge on any atom is -0.341 e. The van der Waals surface area contributed by atoms with Gasteiger partial charge in [0.25, 0.3) is 5.91 Å². The van der Waals surface area contributed by atoms with Crippen molar-refractivity contribution in [1.29, 1.82) is 0 Å². The van der Waals surface area contributed by atoms with E-state index in [4.69, 9.17) is 11.6 Å². The molecule has 0 bridgehead atoms. The van der Waals surface area contributed by atoms with Crippen molar-refractivity contribution in [2.45, 2.75) is 20.3 Å². The van der Waals surface area contributed by atoms with Gasteiger partial charge in [-0.2, -0.15) is 0 Å². The lowest BCUT2D eigenvalue weighted by Gasteiger charge is -2.15. The normalized spacial score (nSPS) is 12.8. The Kier molecular flexibility index (Phi) is 4.65. The summed E-state index contributed by atoms with van der Waals surface area (Å²) in [5, 5.41) is 3.50. The topological polar surface area (TPSA) is 78.1 Å². The SMILES string of the molecule is CC(=O)N1CCc2cc(NC(=O)c3nc(-c4cccc(Cl)c4)[nH]c3C)ccc21. The lowest BCUT2D eigenvalue weighted by molar-refractivity contribution is -0.116. The highest BCUT2D eigenvalue weighted by atomic mass is 35.5. The Balaban J connectivity index is 1.56. The highest BCUT2D eigenvalue weighted by molar-refractivity contribution is 6.30. The van der Waals surface area contributed by atoms with Gasteiger partial charge in [-0.25, -0.2) is 4.98 Å². The second kappa shape index (κ2) is 7.13. The van der Waals surface area contributed by atoms with Gasteiger partial charge in [0.2, 0.25) is 5.91 Å². The number of anilines is 2. The smallest absolute Gasteiger partial charge is 0.276 e. The van der Waals surface area contributed by atoms with Crippen molar-refractivity contribution < 1.29 is 9.59 Å². The largest absolute Gasteiger partial charge is 0.341 e. The summed E-state index contributed by atoms with van der Waals surface area (Å²) in [4.78, 5) is 33.7. The maximum absolute atomic E-state index is 12.7. The van der Waals surface area contributed by atoms with Crippen LogP contribution in [0.15, 0.2) is 42.5 Å². The van der Waals surface area contributed by atoms with Crippen LogP contribution in [-0.4, -0.2) is 28.3 Å². The first kappa shape index (κ1) is 18.3. The molecule has 0 atom stereocenters. The second-order valence-electron chi connectivity index (χ2n) is 6.79. The summed E-state index contributed by atoms with van der Waals surface area (Å²) in [5.41, 5.74) is 4.46. The van der Waals surface area contributed by atoms with Crippen LogP contribution in [0.5, 0.6) is 0 Å². The molecule has 1 aromatic heterocycles. The van der Waals surface area contributed by atoms with Crippen LogP contribution in [0, 0.1) is 6.92 Å². The molecule has 6 nitrogen and oxygen atoms in total. The maximum atomic E-state index is 12.7. The zero-order chi connectivity index (χ0) is 19.8. The van der Waals surface area contributed by atoms with Gasteiger partial charge in [-0.3, -0.25) is 9.59 Å². The van der Waals surface area contributed by atoms with Gasteiger partial charge < -0.3 is 15.2 Å². The van der Waals surface area contributed by atoms with E-state index in [0.29, 0.717) is 34.5 Å². The number of carbonyl (C=O) groups is 2. The number of nitrogens with zero attached hydrogens (tertiary/aromatic N) is 2. The van der Waals surface area contributed by atoms with Gasteiger partial charge in [0.15, 0.2) is 0 Å². The van der Waals surface area contributed by atoms with E-state index in [9.17, 15) is 9.59 Å². The van der Waals surface area contributed by atoms with E-state index in [1.807, 2.05) is 31.2 Å². The number of aromatic nitrogens is 2. The fourth-order valence-electron chi connectivity index (χ4n) is 3.45. The van der Waals surface area contributed by atoms with Crippen LogP contribution in [0.2, 0.25) is 5.02 Å². The second-order valence-corrected chi connectivity index (χ2v) is 7.22. The zero-order valence-electron chi connectivity index (χ0n) is 15.5. The average Bonchev–Trinajstić information content (AvgIpc) is 3.25. The molecule has 1 aliphatic rings. The summed E-state index contributed by atoms with van der Waals surface area (Å²) in [6.07, 6.45) is 0.777. The number of hydrogen-bond acceptors (Lipinski definition) is 3. The minimum atomic E-state index is -0.289. The molecule has 0 spiro atoms. The third-order valence-corrected chi connectivity index (χ3v) is 5.05. The third kappa shape index (κ3) is 3.39. The van der Waals surface area contributed by atoms with E-state index in [1.54, 1.807) is 30.0 Å². The van der Waals surface area contributed by atoms with Gasteiger partial charge in [-0.15, -0.1) is 0 Å². The maximum Gasteiger partial charge on any atom is 0.276 e. The van der Waals surface area contributed by atoms with Crippen molar-refractivity contribution in [3.8, 4) is 11.4 Å². The number of aryl methyl sites for hydroxylation is 1. The van der Waals surface area contributed by atoms with E-state index < -0.39 is 0 Å². The first-order chi connectivity index (χ1) is 13.4. The van der Waals surface area contributed by atoms with Gasteiger partial charge in [0.1, 0.15) is 11.5 Å². The molecule has 4 rings (SSSR count). The van der Waals surface area contributed by atoms with E-state index in [0.717, 1.165) is 23.2 Å². The molecule has 1 aliphatic heterocycles. The van der Waals surface area contributed by atoms with Crippen LogP contribution in [0.3, 0.4) is 0 Å². The summed E-state index contributed by atoms with van der Waals surface area (Å²) in [6, 6.07) is 12.9. The van der Waals surface area contributed by atoms with E-state index in [-0.39, 0.29) is 11.8 Å². The summed E-state index contributed by atoms with van der Waals surface area (Å²) < 4.78 is 0. The molecule has 0 unspecified atom stereocenters. The van der Waals surface area contributed by atoms with Crippen LogP contribution < -0.4 is 10.2 Å².